The van der Waals surface area contributed by atoms with Crippen molar-refractivity contribution in [2.24, 2.45) is 0 Å². The molecule has 0 aliphatic rings. The number of nitrogen functional groups attached to an aromatic ring is 1. The Morgan fingerprint density at radius 3 is 2.46 bits per heavy atom. The van der Waals surface area contributed by atoms with Crippen molar-refractivity contribution < 1.29 is 14.3 Å². The van der Waals surface area contributed by atoms with E-state index in [2.05, 4.69) is 6.92 Å². The molecule has 0 fully saturated rings. The van der Waals surface area contributed by atoms with E-state index in [9.17, 15) is 4.79 Å². The molecular weight excluding hydrogens is 370 g/mol. The van der Waals surface area contributed by atoms with Gasteiger partial charge < -0.3 is 15.2 Å². The van der Waals surface area contributed by atoms with Crippen molar-refractivity contribution in [2.75, 3.05) is 25.2 Å². The first-order chi connectivity index (χ1) is 13.6. The summed E-state index contributed by atoms with van der Waals surface area (Å²) in [5.41, 5.74) is 8.68. The zero-order valence-electron chi connectivity index (χ0n) is 17.1. The first-order valence-corrected chi connectivity index (χ1v) is 10.9. The first-order valence-electron chi connectivity index (χ1n) is 9.87. The van der Waals surface area contributed by atoms with Crippen molar-refractivity contribution in [3.63, 3.8) is 0 Å². The van der Waals surface area contributed by atoms with Crippen LogP contribution in [0.3, 0.4) is 0 Å². The van der Waals surface area contributed by atoms with Crippen molar-refractivity contribution in [1.82, 2.24) is 0 Å². The second-order valence-corrected chi connectivity index (χ2v) is 8.07. The van der Waals surface area contributed by atoms with Gasteiger partial charge in [0.05, 0.1) is 13.7 Å². The number of anilines is 1. The number of thioether (sulfide) groups is 1. The van der Waals surface area contributed by atoms with Crippen LogP contribution in [0.15, 0.2) is 48.5 Å². The van der Waals surface area contributed by atoms with E-state index in [1.807, 2.05) is 55.5 Å². The maximum absolute atomic E-state index is 13.3. The van der Waals surface area contributed by atoms with Gasteiger partial charge in [-0.25, -0.2) is 0 Å². The summed E-state index contributed by atoms with van der Waals surface area (Å²) < 4.78 is 10.2. The van der Waals surface area contributed by atoms with Crippen molar-refractivity contribution in [3.8, 4) is 5.75 Å². The Kier molecular flexibility index (Phi) is 8.71. The third-order valence-corrected chi connectivity index (χ3v) is 6.29. The topological polar surface area (TPSA) is 61.5 Å². The Bertz CT molecular complexity index is 751. The highest BCUT2D eigenvalue weighted by Gasteiger charge is 2.43. The SMILES string of the molecule is CCCCCSC(Cc1c(N)cccc1OC)(C(=O)OCC)c1ccccc1. The van der Waals surface area contributed by atoms with Gasteiger partial charge in [0.2, 0.25) is 0 Å². The van der Waals surface area contributed by atoms with Gasteiger partial charge in [-0.05, 0) is 36.8 Å². The molecule has 0 saturated heterocycles. The highest BCUT2D eigenvalue weighted by Crippen LogP contribution is 2.44. The van der Waals surface area contributed by atoms with Crippen LogP contribution >= 0.6 is 11.8 Å². The zero-order chi connectivity index (χ0) is 20.4. The molecule has 0 saturated carbocycles. The third kappa shape index (κ3) is 5.22. The number of esters is 1. The van der Waals surface area contributed by atoms with E-state index in [0.717, 1.165) is 36.1 Å². The first kappa shape index (κ1) is 22.2. The predicted molar refractivity (Wildman–Crippen MR) is 118 cm³/mol. The highest BCUT2D eigenvalue weighted by molar-refractivity contribution is 8.00. The van der Waals surface area contributed by atoms with E-state index in [1.165, 1.54) is 0 Å². The molecule has 152 valence electrons. The smallest absolute Gasteiger partial charge is 0.327 e. The maximum Gasteiger partial charge on any atom is 0.327 e. The standard InChI is InChI=1S/C23H31NO3S/c1-4-6-10-16-28-23(22(25)27-5-2,18-12-8-7-9-13-18)17-19-20(24)14-11-15-21(19)26-3/h7-9,11-15H,4-6,10,16-17,24H2,1-3H3. The van der Waals surface area contributed by atoms with Gasteiger partial charge in [0.1, 0.15) is 10.5 Å². The molecule has 0 aliphatic heterocycles. The molecule has 5 heteroatoms. The molecule has 1 atom stereocenters. The Balaban J connectivity index is 2.53. The van der Waals surface area contributed by atoms with Crippen LogP contribution in [-0.4, -0.2) is 25.4 Å². The molecule has 0 bridgehead atoms. The lowest BCUT2D eigenvalue weighted by Crippen LogP contribution is -2.37. The number of carbonyl (C=O) groups is 1. The Hall–Kier alpha value is -2.14. The van der Waals surface area contributed by atoms with Gasteiger partial charge in [0.15, 0.2) is 0 Å². The molecule has 0 aromatic heterocycles. The van der Waals surface area contributed by atoms with E-state index in [1.54, 1.807) is 18.9 Å². The summed E-state index contributed by atoms with van der Waals surface area (Å²) in [7, 11) is 1.63. The number of benzene rings is 2. The Labute approximate surface area is 172 Å². The summed E-state index contributed by atoms with van der Waals surface area (Å²) in [5, 5.41) is 0. The van der Waals surface area contributed by atoms with E-state index in [-0.39, 0.29) is 5.97 Å². The quantitative estimate of drug-likeness (QED) is 0.318. The summed E-state index contributed by atoms with van der Waals surface area (Å²) >= 11 is 1.65. The van der Waals surface area contributed by atoms with Crippen LogP contribution in [0.4, 0.5) is 5.69 Å². The zero-order valence-corrected chi connectivity index (χ0v) is 17.9. The third-order valence-electron chi connectivity index (χ3n) is 4.76. The van der Waals surface area contributed by atoms with Crippen LogP contribution in [0, 0.1) is 0 Å². The molecule has 4 nitrogen and oxygen atoms in total. The van der Waals surface area contributed by atoms with E-state index >= 15 is 0 Å². The molecular formula is C23H31NO3S. The van der Waals surface area contributed by atoms with Crippen LogP contribution in [0.5, 0.6) is 5.75 Å². The summed E-state index contributed by atoms with van der Waals surface area (Å²) in [4.78, 5) is 13.3. The molecule has 0 radical (unpaired) electrons. The lowest BCUT2D eigenvalue weighted by Gasteiger charge is -2.32. The van der Waals surface area contributed by atoms with Crippen molar-refractivity contribution in [3.05, 3.63) is 59.7 Å². The summed E-state index contributed by atoms with van der Waals surface area (Å²) in [6.45, 7) is 4.35. The molecule has 2 aromatic carbocycles. The lowest BCUT2D eigenvalue weighted by atomic mass is 9.89. The van der Waals surface area contributed by atoms with Gasteiger partial charge in [-0.1, -0.05) is 56.2 Å². The van der Waals surface area contributed by atoms with Gasteiger partial charge in [-0.2, -0.15) is 0 Å². The second-order valence-electron chi connectivity index (χ2n) is 6.67. The maximum atomic E-state index is 13.3. The number of rotatable bonds is 11. The minimum Gasteiger partial charge on any atom is -0.496 e. The molecule has 28 heavy (non-hydrogen) atoms. The number of ether oxygens (including phenoxy) is 2. The van der Waals surface area contributed by atoms with Gasteiger partial charge in [-0.3, -0.25) is 4.79 Å². The molecule has 1 unspecified atom stereocenters. The number of nitrogens with two attached hydrogens (primary N) is 1. The average Bonchev–Trinajstić information content (AvgIpc) is 2.72. The molecule has 0 aliphatic carbocycles. The number of methoxy groups -OCH3 is 1. The molecule has 2 N–H and O–H groups in total. The number of carbonyl (C=O) groups excluding carboxylic acids is 1. The van der Waals surface area contributed by atoms with Gasteiger partial charge in [-0.15, -0.1) is 11.8 Å². The van der Waals surface area contributed by atoms with Crippen LogP contribution < -0.4 is 10.5 Å². The average molecular weight is 402 g/mol. The minimum atomic E-state index is -0.867. The van der Waals surface area contributed by atoms with Gasteiger partial charge in [0, 0.05) is 17.7 Å². The van der Waals surface area contributed by atoms with Gasteiger partial charge >= 0.3 is 5.97 Å². The predicted octanol–water partition coefficient (Wildman–Crippen LogP) is 5.20. The van der Waals surface area contributed by atoms with Crippen molar-refractivity contribution in [2.45, 2.75) is 44.3 Å². The van der Waals surface area contributed by atoms with E-state index < -0.39 is 4.75 Å². The Morgan fingerprint density at radius 1 is 1.07 bits per heavy atom. The molecule has 2 rings (SSSR count). The molecule has 2 aromatic rings. The minimum absolute atomic E-state index is 0.229. The van der Waals surface area contributed by atoms with Crippen LogP contribution in [-0.2, 0) is 20.7 Å². The molecule has 0 spiro atoms. The fourth-order valence-electron chi connectivity index (χ4n) is 3.25. The van der Waals surface area contributed by atoms with Crippen molar-refractivity contribution in [1.29, 1.82) is 0 Å². The van der Waals surface area contributed by atoms with Crippen LogP contribution in [0.1, 0.15) is 44.2 Å². The van der Waals surface area contributed by atoms with Crippen LogP contribution in [0.2, 0.25) is 0 Å². The summed E-state index contributed by atoms with van der Waals surface area (Å²) in [6, 6.07) is 15.5. The summed E-state index contributed by atoms with van der Waals surface area (Å²) in [5.74, 6) is 1.34. The second kappa shape index (κ2) is 11.0. The van der Waals surface area contributed by atoms with E-state index in [4.69, 9.17) is 15.2 Å². The fraction of sp³-hybridized carbons (Fsp3) is 0.435. The van der Waals surface area contributed by atoms with E-state index in [0.29, 0.717) is 24.5 Å². The fourth-order valence-corrected chi connectivity index (χ4v) is 4.67. The number of hydrogen-bond donors (Lipinski definition) is 1. The van der Waals surface area contributed by atoms with Crippen LogP contribution in [0.25, 0.3) is 0 Å². The molecule has 0 amide bonds. The summed E-state index contributed by atoms with van der Waals surface area (Å²) in [6.07, 6.45) is 3.74. The Morgan fingerprint density at radius 2 is 1.82 bits per heavy atom. The number of hydrogen-bond acceptors (Lipinski definition) is 5. The largest absolute Gasteiger partial charge is 0.496 e. The highest BCUT2D eigenvalue weighted by atomic mass is 32.2. The normalized spacial score (nSPS) is 13.0. The molecule has 0 heterocycles. The van der Waals surface area contributed by atoms with Crippen molar-refractivity contribution >= 4 is 23.4 Å². The monoisotopic (exact) mass is 401 g/mol. The number of unbranched alkanes of at least 4 members (excludes halogenated alkanes) is 2. The van der Waals surface area contributed by atoms with Gasteiger partial charge in [0.25, 0.3) is 0 Å². The lowest BCUT2D eigenvalue weighted by molar-refractivity contribution is -0.146.